The average Bonchev–Trinajstić information content (AvgIpc) is 2.74. The summed E-state index contributed by atoms with van der Waals surface area (Å²) in [6.07, 6.45) is 0.619. The molecular weight excluding hydrogens is 432 g/mol. The van der Waals surface area contributed by atoms with Crippen molar-refractivity contribution in [3.63, 3.8) is 0 Å². The minimum Gasteiger partial charge on any atom is -0.504 e. The van der Waals surface area contributed by atoms with Gasteiger partial charge in [0.15, 0.2) is 11.5 Å². The van der Waals surface area contributed by atoms with Crippen LogP contribution in [0, 0.1) is 0 Å². The zero-order valence-corrected chi connectivity index (χ0v) is 16.4. The number of rotatable bonds is 2. The van der Waals surface area contributed by atoms with Gasteiger partial charge in [-0.15, -0.1) is 17.0 Å². The smallest absolute Gasteiger partial charge is 0.238 e. The van der Waals surface area contributed by atoms with Crippen LogP contribution in [-0.2, 0) is 16.4 Å². The third kappa shape index (κ3) is 3.93. The molecule has 0 aliphatic carbocycles. The van der Waals surface area contributed by atoms with Crippen LogP contribution in [0.25, 0.3) is 0 Å². The van der Waals surface area contributed by atoms with Crippen molar-refractivity contribution in [3.8, 4) is 11.5 Å². The van der Waals surface area contributed by atoms with Crippen LogP contribution in [0.1, 0.15) is 22.6 Å². The Morgan fingerprint density at radius 3 is 2.44 bits per heavy atom. The van der Waals surface area contributed by atoms with Gasteiger partial charge in [0.1, 0.15) is 0 Å². The molecule has 0 amide bonds. The number of halogens is 2. The lowest BCUT2D eigenvalue weighted by Crippen LogP contribution is -2.21. The van der Waals surface area contributed by atoms with Crippen molar-refractivity contribution in [1.29, 1.82) is 0 Å². The average molecular weight is 450 g/mol. The van der Waals surface area contributed by atoms with E-state index in [1.165, 1.54) is 18.2 Å². The van der Waals surface area contributed by atoms with Gasteiger partial charge in [-0.05, 0) is 47.9 Å². The highest BCUT2D eigenvalue weighted by Crippen LogP contribution is 2.42. The van der Waals surface area contributed by atoms with Gasteiger partial charge in [0.2, 0.25) is 10.0 Å². The topological polar surface area (TPSA) is 113 Å². The maximum Gasteiger partial charge on any atom is 0.238 e. The Labute approximate surface area is 161 Å². The highest BCUT2D eigenvalue weighted by Gasteiger charge is 2.25. The number of phenolic OH excluding ortho intramolecular Hbond substituents is 2. The van der Waals surface area contributed by atoms with Gasteiger partial charge in [-0.25, -0.2) is 13.6 Å². The fourth-order valence-corrected chi connectivity index (χ4v) is 3.82. The van der Waals surface area contributed by atoms with Crippen LogP contribution in [0.3, 0.4) is 0 Å². The van der Waals surface area contributed by atoms with Crippen LogP contribution in [-0.4, -0.2) is 31.7 Å². The molecule has 2 aromatic carbocycles. The minimum absolute atomic E-state index is 0. The molecule has 3 rings (SSSR count). The SMILES string of the molecule is Br.NS(=O)(=O)c1ccc(C2CNCCc3c2cc(O)c(O)c3Cl)cc1. The van der Waals surface area contributed by atoms with Gasteiger partial charge in [-0.1, -0.05) is 23.7 Å². The fourth-order valence-electron chi connectivity index (χ4n) is 3.01. The Balaban J connectivity index is 0.00000225. The number of phenols is 2. The summed E-state index contributed by atoms with van der Waals surface area (Å²) in [7, 11) is -3.75. The summed E-state index contributed by atoms with van der Waals surface area (Å²) in [5, 5.41) is 28.3. The van der Waals surface area contributed by atoms with E-state index in [4.69, 9.17) is 16.7 Å². The summed E-state index contributed by atoms with van der Waals surface area (Å²) >= 11 is 6.19. The zero-order chi connectivity index (χ0) is 17.5. The predicted octanol–water partition coefficient (Wildman–Crippen LogP) is 2.25. The van der Waals surface area contributed by atoms with Crippen LogP contribution >= 0.6 is 28.6 Å². The van der Waals surface area contributed by atoms with E-state index in [0.29, 0.717) is 19.5 Å². The molecule has 1 aliphatic rings. The van der Waals surface area contributed by atoms with Gasteiger partial charge in [-0.3, -0.25) is 0 Å². The molecule has 25 heavy (non-hydrogen) atoms. The number of hydrogen-bond acceptors (Lipinski definition) is 5. The Morgan fingerprint density at radius 2 is 1.84 bits per heavy atom. The third-order valence-corrected chi connectivity index (χ3v) is 5.58. The molecule has 0 fully saturated rings. The van der Waals surface area contributed by atoms with Crippen LogP contribution in [0.15, 0.2) is 35.2 Å². The Bertz CT molecular complexity index is 888. The van der Waals surface area contributed by atoms with Gasteiger partial charge in [0, 0.05) is 12.5 Å². The number of benzene rings is 2. The first-order chi connectivity index (χ1) is 11.3. The summed E-state index contributed by atoms with van der Waals surface area (Å²) in [4.78, 5) is 0.0413. The number of fused-ring (bicyclic) bond motifs is 1. The van der Waals surface area contributed by atoms with E-state index in [1.54, 1.807) is 12.1 Å². The largest absolute Gasteiger partial charge is 0.504 e. The van der Waals surface area contributed by atoms with Crippen LogP contribution in [0.5, 0.6) is 11.5 Å². The zero-order valence-electron chi connectivity index (χ0n) is 13.1. The van der Waals surface area contributed by atoms with Crippen LogP contribution in [0.4, 0.5) is 0 Å². The lowest BCUT2D eigenvalue weighted by atomic mass is 9.87. The van der Waals surface area contributed by atoms with Crippen molar-refractivity contribution in [3.05, 3.63) is 52.0 Å². The second-order valence-corrected chi connectivity index (χ2v) is 7.69. The van der Waals surface area contributed by atoms with Gasteiger partial charge < -0.3 is 15.5 Å². The van der Waals surface area contributed by atoms with Gasteiger partial charge in [0.05, 0.1) is 9.92 Å². The normalized spacial score (nSPS) is 17.3. The Morgan fingerprint density at radius 1 is 1.20 bits per heavy atom. The summed E-state index contributed by atoms with van der Waals surface area (Å²) in [5.41, 5.74) is 2.44. The van der Waals surface area contributed by atoms with E-state index in [0.717, 1.165) is 16.7 Å². The van der Waals surface area contributed by atoms with E-state index in [1.807, 2.05) is 0 Å². The third-order valence-electron chi connectivity index (χ3n) is 4.24. The van der Waals surface area contributed by atoms with Crippen molar-refractivity contribution < 1.29 is 18.6 Å². The molecule has 0 radical (unpaired) electrons. The quantitative estimate of drug-likeness (QED) is 0.525. The molecule has 5 N–H and O–H groups in total. The molecule has 9 heteroatoms. The maximum absolute atomic E-state index is 11.4. The lowest BCUT2D eigenvalue weighted by molar-refractivity contribution is 0.402. The molecule has 2 aromatic rings. The first kappa shape index (κ1) is 20.0. The lowest BCUT2D eigenvalue weighted by Gasteiger charge is -2.20. The highest BCUT2D eigenvalue weighted by molar-refractivity contribution is 8.93. The highest BCUT2D eigenvalue weighted by atomic mass is 79.9. The number of nitrogens with one attached hydrogen (secondary N) is 1. The van der Waals surface area contributed by atoms with E-state index < -0.39 is 10.0 Å². The van der Waals surface area contributed by atoms with Crippen LogP contribution < -0.4 is 10.5 Å². The first-order valence-electron chi connectivity index (χ1n) is 7.35. The summed E-state index contributed by atoms with van der Waals surface area (Å²) in [5.74, 6) is -0.728. The van der Waals surface area contributed by atoms with E-state index in [9.17, 15) is 18.6 Å². The Kier molecular flexibility index (Phi) is 6.01. The number of sulfonamides is 1. The molecule has 0 bridgehead atoms. The number of nitrogens with two attached hydrogens (primary N) is 1. The summed E-state index contributed by atoms with van der Waals surface area (Å²) in [6, 6.07) is 7.81. The molecule has 1 atom stereocenters. The maximum atomic E-state index is 11.4. The second-order valence-electron chi connectivity index (χ2n) is 5.75. The molecule has 136 valence electrons. The molecular formula is C16H18BrClN2O4S. The van der Waals surface area contributed by atoms with Crippen molar-refractivity contribution in [1.82, 2.24) is 5.32 Å². The molecule has 1 heterocycles. The first-order valence-corrected chi connectivity index (χ1v) is 9.28. The van der Waals surface area contributed by atoms with Crippen molar-refractivity contribution >= 4 is 38.6 Å². The number of aromatic hydroxyl groups is 2. The van der Waals surface area contributed by atoms with E-state index in [2.05, 4.69) is 5.32 Å². The second kappa shape index (κ2) is 7.51. The Hall–Kier alpha value is -1.32. The molecule has 0 saturated heterocycles. The molecule has 0 spiro atoms. The fraction of sp³-hybridized carbons (Fsp3) is 0.250. The molecule has 1 unspecified atom stereocenters. The predicted molar refractivity (Wildman–Crippen MR) is 101 cm³/mol. The van der Waals surface area contributed by atoms with Crippen molar-refractivity contribution in [2.45, 2.75) is 17.2 Å². The number of hydrogen-bond donors (Lipinski definition) is 4. The molecule has 6 nitrogen and oxygen atoms in total. The summed E-state index contributed by atoms with van der Waals surface area (Å²) in [6.45, 7) is 1.28. The summed E-state index contributed by atoms with van der Waals surface area (Å²) < 4.78 is 22.8. The molecule has 0 saturated carbocycles. The van der Waals surface area contributed by atoms with Crippen molar-refractivity contribution in [2.24, 2.45) is 5.14 Å². The van der Waals surface area contributed by atoms with Gasteiger partial charge in [-0.2, -0.15) is 0 Å². The number of primary sulfonamides is 1. The van der Waals surface area contributed by atoms with Crippen molar-refractivity contribution in [2.75, 3.05) is 13.1 Å². The van der Waals surface area contributed by atoms with Gasteiger partial charge in [0.25, 0.3) is 0 Å². The monoisotopic (exact) mass is 448 g/mol. The van der Waals surface area contributed by atoms with Gasteiger partial charge >= 0.3 is 0 Å². The minimum atomic E-state index is -3.75. The van der Waals surface area contributed by atoms with E-state index >= 15 is 0 Å². The molecule has 1 aliphatic heterocycles. The van der Waals surface area contributed by atoms with E-state index in [-0.39, 0.29) is 44.3 Å². The van der Waals surface area contributed by atoms with Crippen LogP contribution in [0.2, 0.25) is 5.02 Å². The molecule has 0 aromatic heterocycles. The standard InChI is InChI=1S/C16H17ClN2O4S.BrH/c17-15-11-5-6-19-8-13(12(11)7-14(20)16(15)21)9-1-3-10(4-2-9)24(18,22)23;/h1-4,7,13,19-21H,5-6,8H2,(H2,18,22,23);1H.